The lowest BCUT2D eigenvalue weighted by molar-refractivity contribution is 0.119. The van der Waals surface area contributed by atoms with E-state index in [-0.39, 0.29) is 24.0 Å². The van der Waals surface area contributed by atoms with Crippen LogP contribution >= 0.6 is 24.0 Å². The van der Waals surface area contributed by atoms with Crippen LogP contribution in [0.15, 0.2) is 29.3 Å². The van der Waals surface area contributed by atoms with Gasteiger partial charge in [0.15, 0.2) is 5.96 Å². The molecule has 1 aliphatic rings. The van der Waals surface area contributed by atoms with Crippen molar-refractivity contribution in [2.24, 2.45) is 4.99 Å². The summed E-state index contributed by atoms with van der Waals surface area (Å²) in [5.74, 6) is 1.86. The number of nitrogens with one attached hydrogen (secondary N) is 2. The van der Waals surface area contributed by atoms with Crippen molar-refractivity contribution in [3.63, 3.8) is 0 Å². The molecule has 2 rings (SSSR count). The van der Waals surface area contributed by atoms with Gasteiger partial charge in [-0.1, -0.05) is 25.1 Å². The molecule has 124 valence electrons. The van der Waals surface area contributed by atoms with E-state index in [4.69, 9.17) is 4.74 Å². The molecule has 0 aromatic heterocycles. The average Bonchev–Trinajstić information content (AvgIpc) is 2.47. The summed E-state index contributed by atoms with van der Waals surface area (Å²) in [4.78, 5) is 4.65. The molecule has 1 aromatic rings. The van der Waals surface area contributed by atoms with Crippen molar-refractivity contribution >= 4 is 29.9 Å². The maximum absolute atomic E-state index is 6.04. The van der Waals surface area contributed by atoms with Crippen molar-refractivity contribution < 1.29 is 4.74 Å². The predicted molar refractivity (Wildman–Crippen MR) is 103 cm³/mol. The summed E-state index contributed by atoms with van der Waals surface area (Å²) in [6, 6.07) is 8.23. The Morgan fingerprint density at radius 1 is 1.23 bits per heavy atom. The maximum Gasteiger partial charge on any atom is 0.191 e. The molecule has 0 atom stereocenters. The molecule has 1 aliphatic carbocycles. The molecule has 0 saturated heterocycles. The van der Waals surface area contributed by atoms with Gasteiger partial charge in [-0.3, -0.25) is 0 Å². The highest BCUT2D eigenvalue weighted by Gasteiger charge is 2.20. The monoisotopic (exact) mass is 417 g/mol. The third kappa shape index (κ3) is 6.02. The number of benzene rings is 1. The molecule has 0 spiro atoms. The first-order valence-corrected chi connectivity index (χ1v) is 8.10. The van der Waals surface area contributed by atoms with Gasteiger partial charge in [-0.25, -0.2) is 4.99 Å². The van der Waals surface area contributed by atoms with Gasteiger partial charge in [-0.2, -0.15) is 0 Å². The molecule has 4 nitrogen and oxygen atoms in total. The van der Waals surface area contributed by atoms with E-state index in [2.05, 4.69) is 41.6 Å². The van der Waals surface area contributed by atoms with Crippen LogP contribution in [0.25, 0.3) is 0 Å². The van der Waals surface area contributed by atoms with Crippen molar-refractivity contribution in [3.8, 4) is 5.75 Å². The van der Waals surface area contributed by atoms with Crippen LogP contribution in [0.1, 0.15) is 45.1 Å². The third-order valence-corrected chi connectivity index (χ3v) is 3.61. The fourth-order valence-corrected chi connectivity index (χ4v) is 2.17. The lowest BCUT2D eigenvalue weighted by atomic mass is 9.96. The number of nitrogens with zero attached hydrogens (tertiary/aromatic N) is 1. The Bertz CT molecular complexity index is 461. The average molecular weight is 417 g/mol. The highest BCUT2D eigenvalue weighted by atomic mass is 127. The summed E-state index contributed by atoms with van der Waals surface area (Å²) in [6.45, 7) is 6.68. The van der Waals surface area contributed by atoms with Crippen molar-refractivity contribution in [3.05, 3.63) is 29.8 Å². The lowest BCUT2D eigenvalue weighted by Crippen LogP contribution is -2.37. The first kappa shape index (κ1) is 19.1. The Labute approximate surface area is 151 Å². The minimum atomic E-state index is 0. The molecule has 1 aromatic carbocycles. The van der Waals surface area contributed by atoms with Gasteiger partial charge >= 0.3 is 0 Å². The predicted octanol–water partition coefficient (Wildman–Crippen LogP) is 3.70. The molecule has 1 fully saturated rings. The zero-order chi connectivity index (χ0) is 14.9. The van der Waals surface area contributed by atoms with Crippen molar-refractivity contribution in [2.75, 3.05) is 13.1 Å². The number of halogens is 1. The van der Waals surface area contributed by atoms with Crippen LogP contribution in [-0.2, 0) is 6.54 Å². The first-order valence-electron chi connectivity index (χ1n) is 8.10. The number of guanidine groups is 1. The standard InChI is InChI=1S/C17H27N3O.HI/c1-3-12-19-17(18-4-2)20-13-14-8-5-6-11-16(14)21-15-9-7-10-15;/h5-6,8,11,15H,3-4,7,9-10,12-13H2,1-2H3,(H2,18,19,20);1H. The Morgan fingerprint density at radius 2 is 2.00 bits per heavy atom. The largest absolute Gasteiger partial charge is 0.490 e. The number of hydrogen-bond donors (Lipinski definition) is 2. The fourth-order valence-electron chi connectivity index (χ4n) is 2.17. The second-order valence-electron chi connectivity index (χ2n) is 5.40. The molecule has 0 radical (unpaired) electrons. The van der Waals surface area contributed by atoms with Gasteiger partial charge < -0.3 is 15.4 Å². The SMILES string of the molecule is CCCNC(=NCc1ccccc1OC1CCC1)NCC.I. The van der Waals surface area contributed by atoms with Gasteiger partial charge in [-0.15, -0.1) is 24.0 Å². The van der Waals surface area contributed by atoms with Crippen molar-refractivity contribution in [2.45, 2.75) is 52.2 Å². The molecule has 0 unspecified atom stereocenters. The van der Waals surface area contributed by atoms with E-state index in [0.717, 1.165) is 36.8 Å². The summed E-state index contributed by atoms with van der Waals surface area (Å²) in [7, 11) is 0. The number of aliphatic imine (C=N–C) groups is 1. The van der Waals surface area contributed by atoms with Gasteiger partial charge in [0.05, 0.1) is 12.6 Å². The number of rotatable bonds is 7. The summed E-state index contributed by atoms with van der Waals surface area (Å²) in [5, 5.41) is 6.59. The van der Waals surface area contributed by atoms with Gasteiger partial charge in [0.25, 0.3) is 0 Å². The molecule has 0 heterocycles. The summed E-state index contributed by atoms with van der Waals surface area (Å²) in [5.41, 5.74) is 1.15. The third-order valence-electron chi connectivity index (χ3n) is 3.61. The van der Waals surface area contributed by atoms with Gasteiger partial charge in [-0.05, 0) is 38.7 Å². The molecular formula is C17H28IN3O. The van der Waals surface area contributed by atoms with E-state index >= 15 is 0 Å². The maximum atomic E-state index is 6.04. The zero-order valence-electron chi connectivity index (χ0n) is 13.6. The topological polar surface area (TPSA) is 45.7 Å². The first-order chi connectivity index (χ1) is 10.3. The van der Waals surface area contributed by atoms with Crippen LogP contribution < -0.4 is 15.4 Å². The molecule has 0 bridgehead atoms. The molecule has 0 amide bonds. The summed E-state index contributed by atoms with van der Waals surface area (Å²) >= 11 is 0. The van der Waals surface area contributed by atoms with Crippen LogP contribution in [0.5, 0.6) is 5.75 Å². The second kappa shape index (κ2) is 10.7. The summed E-state index contributed by atoms with van der Waals surface area (Å²) in [6.07, 6.45) is 5.14. The summed E-state index contributed by atoms with van der Waals surface area (Å²) < 4.78 is 6.04. The quantitative estimate of drug-likeness (QED) is 0.404. The van der Waals surface area contributed by atoms with Gasteiger partial charge in [0, 0.05) is 18.7 Å². The number of hydrogen-bond acceptors (Lipinski definition) is 2. The minimum absolute atomic E-state index is 0. The minimum Gasteiger partial charge on any atom is -0.490 e. The van der Waals surface area contributed by atoms with E-state index in [1.807, 2.05) is 12.1 Å². The van der Waals surface area contributed by atoms with Gasteiger partial charge in [0.2, 0.25) is 0 Å². The zero-order valence-corrected chi connectivity index (χ0v) is 15.9. The van der Waals surface area contributed by atoms with Crippen LogP contribution in [0.4, 0.5) is 0 Å². The van der Waals surface area contributed by atoms with Crippen molar-refractivity contribution in [1.29, 1.82) is 0 Å². The highest BCUT2D eigenvalue weighted by Crippen LogP contribution is 2.27. The lowest BCUT2D eigenvalue weighted by Gasteiger charge is -2.27. The van der Waals surface area contributed by atoms with E-state index < -0.39 is 0 Å². The Morgan fingerprint density at radius 3 is 2.64 bits per heavy atom. The van der Waals surface area contributed by atoms with E-state index in [1.54, 1.807) is 0 Å². The van der Waals surface area contributed by atoms with E-state index in [9.17, 15) is 0 Å². The van der Waals surface area contributed by atoms with Crippen LogP contribution in [0.3, 0.4) is 0 Å². The normalized spacial score (nSPS) is 14.7. The van der Waals surface area contributed by atoms with Crippen LogP contribution in [-0.4, -0.2) is 25.2 Å². The molecule has 5 heteroatoms. The second-order valence-corrected chi connectivity index (χ2v) is 5.40. The van der Waals surface area contributed by atoms with Gasteiger partial charge in [0.1, 0.15) is 5.75 Å². The van der Waals surface area contributed by atoms with Crippen molar-refractivity contribution in [1.82, 2.24) is 10.6 Å². The molecule has 2 N–H and O–H groups in total. The smallest absolute Gasteiger partial charge is 0.191 e. The number of ether oxygens (including phenoxy) is 1. The molecular weight excluding hydrogens is 389 g/mol. The van der Waals surface area contributed by atoms with E-state index in [0.29, 0.717) is 12.6 Å². The van der Waals surface area contributed by atoms with Crippen LogP contribution in [0, 0.1) is 0 Å². The Hall–Kier alpha value is -0.980. The molecule has 1 saturated carbocycles. The Kier molecular flexibility index (Phi) is 9.27. The molecule has 0 aliphatic heterocycles. The number of para-hydroxylation sites is 1. The van der Waals surface area contributed by atoms with Crippen LogP contribution in [0.2, 0.25) is 0 Å². The molecule has 22 heavy (non-hydrogen) atoms. The Balaban J connectivity index is 0.00000242. The fraction of sp³-hybridized carbons (Fsp3) is 0.588. The van der Waals surface area contributed by atoms with E-state index in [1.165, 1.54) is 19.3 Å². The highest BCUT2D eigenvalue weighted by molar-refractivity contribution is 14.0.